The molecule has 1 unspecified atom stereocenters. The monoisotopic (exact) mass is 283 g/mol. The molecule has 0 aromatic rings. The number of carbonyl (C=O) groups excluding carboxylic acids is 1. The Bertz CT molecular complexity index is 401. The number of ether oxygens (including phenoxy) is 1. The molecule has 0 saturated heterocycles. The topological polar surface area (TPSA) is 114 Å². The summed E-state index contributed by atoms with van der Waals surface area (Å²) in [4.78, 5) is 11.3. The molecule has 3 N–H and O–H groups in total. The molecule has 0 aliphatic rings. The zero-order chi connectivity index (χ0) is 13.9. The molecule has 0 aliphatic heterocycles. The molecule has 0 fully saturated rings. The van der Waals surface area contributed by atoms with Crippen molar-refractivity contribution < 1.29 is 26.3 Å². The van der Waals surface area contributed by atoms with Crippen LogP contribution in [-0.2, 0) is 28.3 Å². The molecule has 0 saturated carbocycles. The molecule has 0 amide bonds. The third kappa shape index (κ3) is 6.10. The average Bonchev–Trinajstić information content (AvgIpc) is 2.16. The molecule has 7 nitrogen and oxygen atoms in total. The zero-order valence-electron chi connectivity index (χ0n) is 11.3. The predicted octanol–water partition coefficient (Wildman–Crippen LogP) is 1.34. The van der Waals surface area contributed by atoms with Crippen LogP contribution in [0.15, 0.2) is 12.2 Å². The summed E-state index contributed by atoms with van der Waals surface area (Å²) >= 11 is 0. The van der Waals surface area contributed by atoms with E-state index in [1.807, 2.05) is 0 Å². The first-order valence-corrected chi connectivity index (χ1v) is 6.23. The second kappa shape index (κ2) is 6.83. The molecule has 0 aliphatic carbocycles. The smallest absolute Gasteiger partial charge is 0.399 e. The van der Waals surface area contributed by atoms with E-state index < -0.39 is 28.1 Å². The number of rotatable bonds is 6. The van der Waals surface area contributed by atoms with Crippen molar-refractivity contribution in [1.29, 1.82) is 0 Å². The van der Waals surface area contributed by atoms with Gasteiger partial charge in [0, 0.05) is 5.57 Å². The van der Waals surface area contributed by atoms with Crippen molar-refractivity contribution in [2.24, 2.45) is 0 Å². The van der Waals surface area contributed by atoms with Crippen LogP contribution in [0.3, 0.4) is 0 Å². The molecule has 0 heterocycles. The molecular formula is C10H21NO6S. The first-order chi connectivity index (χ1) is 7.52. The Morgan fingerprint density at radius 2 is 1.78 bits per heavy atom. The van der Waals surface area contributed by atoms with Crippen LogP contribution in [0.2, 0.25) is 0 Å². The molecule has 0 aromatic heterocycles. The molecule has 18 heavy (non-hydrogen) atoms. The molecule has 0 bridgehead atoms. The van der Waals surface area contributed by atoms with Gasteiger partial charge in [-0.1, -0.05) is 6.58 Å². The lowest BCUT2D eigenvalue weighted by molar-refractivity contribution is -0.159. The van der Waals surface area contributed by atoms with Gasteiger partial charge in [-0.2, -0.15) is 8.42 Å². The van der Waals surface area contributed by atoms with Crippen molar-refractivity contribution in [1.82, 2.24) is 6.15 Å². The van der Waals surface area contributed by atoms with Gasteiger partial charge in [-0.25, -0.2) is 8.98 Å². The summed E-state index contributed by atoms with van der Waals surface area (Å²) < 4.78 is 36.0. The first-order valence-electron chi connectivity index (χ1n) is 4.89. The fourth-order valence-electron chi connectivity index (χ4n) is 0.741. The van der Waals surface area contributed by atoms with Crippen molar-refractivity contribution in [3.8, 4) is 0 Å². The molecule has 0 aromatic carbocycles. The minimum Gasteiger partial charge on any atom is -0.454 e. The van der Waals surface area contributed by atoms with Crippen LogP contribution in [0, 0.1) is 0 Å². The summed E-state index contributed by atoms with van der Waals surface area (Å²) in [7, 11) is -3.09. The second-order valence-electron chi connectivity index (χ2n) is 4.09. The Hall–Kier alpha value is -0.960. The Morgan fingerprint density at radius 1 is 1.33 bits per heavy atom. The Morgan fingerprint density at radius 3 is 2.11 bits per heavy atom. The summed E-state index contributed by atoms with van der Waals surface area (Å²) in [6.45, 7) is 9.45. The van der Waals surface area contributed by atoms with Gasteiger partial charge in [0.25, 0.3) is 0 Å². The standard InChI is InChI=1S/C10H18O6S.H3N/c1-7(2)9(11)15-10(4,5)8(3)16-17(12,13)14-6;/h8H,1H2,2-6H3;1H3. The van der Waals surface area contributed by atoms with E-state index in [1.165, 1.54) is 27.7 Å². The van der Waals surface area contributed by atoms with Gasteiger partial charge in [-0.05, 0) is 27.7 Å². The molecule has 108 valence electrons. The summed E-state index contributed by atoms with van der Waals surface area (Å²) in [5, 5.41) is 0. The number of carbonyl (C=O) groups is 1. The third-order valence-corrected chi connectivity index (χ3v) is 3.08. The van der Waals surface area contributed by atoms with E-state index in [0.717, 1.165) is 7.11 Å². The van der Waals surface area contributed by atoms with Crippen LogP contribution in [0.5, 0.6) is 0 Å². The van der Waals surface area contributed by atoms with Crippen LogP contribution < -0.4 is 6.15 Å². The lowest BCUT2D eigenvalue weighted by Gasteiger charge is -2.30. The highest BCUT2D eigenvalue weighted by molar-refractivity contribution is 7.81. The highest BCUT2D eigenvalue weighted by Crippen LogP contribution is 2.21. The highest BCUT2D eigenvalue weighted by atomic mass is 32.3. The van der Waals surface area contributed by atoms with Gasteiger partial charge >= 0.3 is 16.4 Å². The molecule has 8 heteroatoms. The van der Waals surface area contributed by atoms with E-state index in [4.69, 9.17) is 4.74 Å². The van der Waals surface area contributed by atoms with E-state index in [0.29, 0.717) is 0 Å². The largest absolute Gasteiger partial charge is 0.454 e. The SMILES string of the molecule is C=C(C)C(=O)OC(C)(C)C(C)OS(=O)(=O)OC.N. The van der Waals surface area contributed by atoms with Gasteiger partial charge < -0.3 is 10.9 Å². The lowest BCUT2D eigenvalue weighted by atomic mass is 10.0. The number of hydrogen-bond donors (Lipinski definition) is 1. The van der Waals surface area contributed by atoms with Crippen LogP contribution in [-0.4, -0.2) is 33.2 Å². The number of hydrogen-bond acceptors (Lipinski definition) is 7. The highest BCUT2D eigenvalue weighted by Gasteiger charge is 2.34. The van der Waals surface area contributed by atoms with E-state index in [2.05, 4.69) is 14.9 Å². The molecule has 0 rings (SSSR count). The van der Waals surface area contributed by atoms with Gasteiger partial charge in [0.15, 0.2) is 0 Å². The van der Waals surface area contributed by atoms with Crippen LogP contribution >= 0.6 is 0 Å². The third-order valence-electron chi connectivity index (χ3n) is 2.15. The van der Waals surface area contributed by atoms with Crippen molar-refractivity contribution in [3.05, 3.63) is 12.2 Å². The first kappa shape index (κ1) is 19.4. The quantitative estimate of drug-likeness (QED) is 0.577. The Kier molecular flexibility index (Phi) is 7.36. The minimum absolute atomic E-state index is 0. The predicted molar refractivity (Wildman–Crippen MR) is 66.5 cm³/mol. The molecular weight excluding hydrogens is 262 g/mol. The molecule has 0 radical (unpaired) electrons. The Balaban J connectivity index is 0. The average molecular weight is 283 g/mol. The lowest BCUT2D eigenvalue weighted by Crippen LogP contribution is -2.42. The van der Waals surface area contributed by atoms with Crippen molar-refractivity contribution in [2.45, 2.75) is 39.4 Å². The molecule has 0 spiro atoms. The van der Waals surface area contributed by atoms with Crippen molar-refractivity contribution >= 4 is 16.4 Å². The van der Waals surface area contributed by atoms with Crippen LogP contribution in [0.25, 0.3) is 0 Å². The summed E-state index contributed by atoms with van der Waals surface area (Å²) in [6.07, 6.45) is -0.893. The fourth-order valence-corrected chi connectivity index (χ4v) is 1.40. The van der Waals surface area contributed by atoms with Gasteiger partial charge in [0.2, 0.25) is 0 Å². The van der Waals surface area contributed by atoms with E-state index >= 15 is 0 Å². The fraction of sp³-hybridized carbons (Fsp3) is 0.700. The van der Waals surface area contributed by atoms with Gasteiger partial charge in [0.05, 0.1) is 7.11 Å². The summed E-state index contributed by atoms with van der Waals surface area (Å²) in [5.74, 6) is -0.611. The second-order valence-corrected chi connectivity index (χ2v) is 5.43. The maximum Gasteiger partial charge on any atom is 0.399 e. The maximum absolute atomic E-state index is 11.3. The number of esters is 1. The van der Waals surface area contributed by atoms with E-state index in [9.17, 15) is 13.2 Å². The molecule has 1 atom stereocenters. The minimum atomic E-state index is -4.07. The van der Waals surface area contributed by atoms with Gasteiger partial charge in [-0.3, -0.25) is 4.18 Å². The summed E-state index contributed by atoms with van der Waals surface area (Å²) in [6, 6.07) is 0. The van der Waals surface area contributed by atoms with E-state index in [1.54, 1.807) is 0 Å². The maximum atomic E-state index is 11.3. The van der Waals surface area contributed by atoms with Gasteiger partial charge in [-0.15, -0.1) is 0 Å². The van der Waals surface area contributed by atoms with Gasteiger partial charge in [0.1, 0.15) is 11.7 Å². The van der Waals surface area contributed by atoms with Crippen molar-refractivity contribution in [3.63, 3.8) is 0 Å². The van der Waals surface area contributed by atoms with Crippen LogP contribution in [0.1, 0.15) is 27.7 Å². The van der Waals surface area contributed by atoms with E-state index in [-0.39, 0.29) is 11.7 Å². The van der Waals surface area contributed by atoms with Crippen LogP contribution in [0.4, 0.5) is 0 Å². The zero-order valence-corrected chi connectivity index (χ0v) is 12.2. The normalized spacial score (nSPS) is 13.4. The van der Waals surface area contributed by atoms with Crippen molar-refractivity contribution in [2.75, 3.05) is 7.11 Å². The Labute approximate surface area is 108 Å². The summed E-state index contributed by atoms with van der Waals surface area (Å²) in [5.41, 5.74) is -0.901.